The van der Waals surface area contributed by atoms with Crippen LogP contribution in [0.5, 0.6) is 5.75 Å². The fourth-order valence-corrected chi connectivity index (χ4v) is 1.73. The Morgan fingerprint density at radius 2 is 2.25 bits per heavy atom. The fraction of sp³-hybridized carbons (Fsp3) is 0.222. The van der Waals surface area contributed by atoms with Gasteiger partial charge >= 0.3 is 0 Å². The lowest BCUT2D eigenvalue weighted by Gasteiger charge is -2.15. The monoisotopic (exact) mass is 274 g/mol. The number of carbonyl (C=O) groups excluding carboxylic acids is 1. The average Bonchev–Trinajstić information content (AvgIpc) is 2.07. The number of ketones is 1. The van der Waals surface area contributed by atoms with E-state index in [4.69, 9.17) is 4.74 Å². The first-order chi connectivity index (χ1) is 5.77. The van der Waals surface area contributed by atoms with Gasteiger partial charge < -0.3 is 4.74 Å². The summed E-state index contributed by atoms with van der Waals surface area (Å²) in [6.07, 6.45) is 0.507. The molecular formula is C9H7IO2. The summed E-state index contributed by atoms with van der Waals surface area (Å²) in [7, 11) is 0. The molecule has 0 saturated carbocycles. The van der Waals surface area contributed by atoms with Gasteiger partial charge in [-0.25, -0.2) is 0 Å². The predicted octanol–water partition coefficient (Wildman–Crippen LogP) is 2.26. The Kier molecular flexibility index (Phi) is 2.04. The van der Waals surface area contributed by atoms with Crippen molar-refractivity contribution in [3.8, 4) is 5.75 Å². The molecule has 0 aromatic heterocycles. The van der Waals surface area contributed by atoms with Gasteiger partial charge in [-0.3, -0.25) is 4.79 Å². The normalized spacial score (nSPS) is 15.2. The lowest BCUT2D eigenvalue weighted by atomic mass is 10.1. The second-order valence-electron chi connectivity index (χ2n) is 2.66. The highest BCUT2D eigenvalue weighted by molar-refractivity contribution is 14.1. The molecule has 0 radical (unpaired) electrons. The van der Waals surface area contributed by atoms with E-state index in [-0.39, 0.29) is 5.78 Å². The topological polar surface area (TPSA) is 26.3 Å². The minimum atomic E-state index is 0.190. The summed E-state index contributed by atoms with van der Waals surface area (Å²) in [6, 6.07) is 5.67. The highest BCUT2D eigenvalue weighted by atomic mass is 127. The number of halogens is 1. The first kappa shape index (κ1) is 8.04. The van der Waals surface area contributed by atoms with Gasteiger partial charge in [0.2, 0.25) is 0 Å². The predicted molar refractivity (Wildman–Crippen MR) is 53.6 cm³/mol. The van der Waals surface area contributed by atoms with E-state index in [0.29, 0.717) is 13.0 Å². The minimum Gasteiger partial charge on any atom is -0.492 e. The third kappa shape index (κ3) is 1.33. The summed E-state index contributed by atoms with van der Waals surface area (Å²) in [5.74, 6) is 0.918. The molecule has 0 fully saturated rings. The van der Waals surface area contributed by atoms with Crippen LogP contribution in [0, 0.1) is 3.57 Å². The SMILES string of the molecule is O=C1CCOc2ccc(I)cc21. The molecule has 1 aliphatic heterocycles. The number of hydrogen-bond donors (Lipinski definition) is 0. The minimum absolute atomic E-state index is 0.190. The molecule has 2 rings (SSSR count). The highest BCUT2D eigenvalue weighted by Crippen LogP contribution is 2.25. The smallest absolute Gasteiger partial charge is 0.170 e. The van der Waals surface area contributed by atoms with Crippen LogP contribution in [0.4, 0.5) is 0 Å². The zero-order valence-electron chi connectivity index (χ0n) is 6.34. The van der Waals surface area contributed by atoms with Gasteiger partial charge in [-0.2, -0.15) is 0 Å². The van der Waals surface area contributed by atoms with Crippen LogP contribution in [-0.4, -0.2) is 12.4 Å². The van der Waals surface area contributed by atoms with Crippen molar-refractivity contribution in [2.45, 2.75) is 6.42 Å². The summed E-state index contributed by atoms with van der Waals surface area (Å²) in [5.41, 5.74) is 0.730. The molecule has 1 aliphatic rings. The third-order valence-corrected chi connectivity index (χ3v) is 2.50. The van der Waals surface area contributed by atoms with Crippen molar-refractivity contribution < 1.29 is 9.53 Å². The van der Waals surface area contributed by atoms with Crippen molar-refractivity contribution in [3.63, 3.8) is 0 Å². The number of hydrogen-bond acceptors (Lipinski definition) is 2. The Labute approximate surface area is 84.1 Å². The van der Waals surface area contributed by atoms with E-state index in [2.05, 4.69) is 22.6 Å². The van der Waals surface area contributed by atoms with Gasteiger partial charge in [-0.15, -0.1) is 0 Å². The summed E-state index contributed by atoms with van der Waals surface area (Å²) >= 11 is 2.19. The van der Waals surface area contributed by atoms with Crippen LogP contribution in [0.1, 0.15) is 16.8 Å². The molecule has 0 saturated heterocycles. The second-order valence-corrected chi connectivity index (χ2v) is 3.91. The number of Topliss-reactive ketones (excluding diaryl/α,β-unsaturated/α-hetero) is 1. The van der Waals surface area contributed by atoms with Crippen molar-refractivity contribution in [2.24, 2.45) is 0 Å². The number of carbonyl (C=O) groups is 1. The van der Waals surface area contributed by atoms with Gasteiger partial charge in [0.1, 0.15) is 5.75 Å². The molecular weight excluding hydrogens is 267 g/mol. The van der Waals surface area contributed by atoms with Crippen LogP contribution in [-0.2, 0) is 0 Å². The van der Waals surface area contributed by atoms with Crippen molar-refractivity contribution >= 4 is 28.4 Å². The fourth-order valence-electron chi connectivity index (χ4n) is 1.23. The standard InChI is InChI=1S/C9H7IO2/c10-6-1-2-9-7(5-6)8(11)3-4-12-9/h1-2,5H,3-4H2. The Hall–Kier alpha value is -0.580. The van der Waals surface area contributed by atoms with Gasteiger partial charge in [0, 0.05) is 9.99 Å². The van der Waals surface area contributed by atoms with E-state index < -0.39 is 0 Å². The largest absolute Gasteiger partial charge is 0.492 e. The van der Waals surface area contributed by atoms with E-state index in [0.717, 1.165) is 14.9 Å². The molecule has 0 unspecified atom stereocenters. The maximum atomic E-state index is 11.4. The van der Waals surface area contributed by atoms with Gasteiger partial charge in [-0.1, -0.05) is 0 Å². The van der Waals surface area contributed by atoms with Crippen LogP contribution < -0.4 is 4.74 Å². The Morgan fingerprint density at radius 1 is 1.42 bits per heavy atom. The molecule has 2 nitrogen and oxygen atoms in total. The van der Waals surface area contributed by atoms with E-state index in [1.807, 2.05) is 18.2 Å². The number of ether oxygens (including phenoxy) is 1. The molecule has 0 spiro atoms. The number of fused-ring (bicyclic) bond motifs is 1. The van der Waals surface area contributed by atoms with Gasteiger partial charge in [0.15, 0.2) is 5.78 Å². The molecule has 62 valence electrons. The zero-order valence-corrected chi connectivity index (χ0v) is 8.50. The molecule has 1 heterocycles. The van der Waals surface area contributed by atoms with Crippen LogP contribution in [0.2, 0.25) is 0 Å². The van der Waals surface area contributed by atoms with E-state index in [1.54, 1.807) is 0 Å². The molecule has 12 heavy (non-hydrogen) atoms. The molecule has 0 amide bonds. The Morgan fingerprint density at radius 3 is 3.08 bits per heavy atom. The van der Waals surface area contributed by atoms with Gasteiger partial charge in [0.05, 0.1) is 12.2 Å². The lowest BCUT2D eigenvalue weighted by Crippen LogP contribution is -2.15. The summed E-state index contributed by atoms with van der Waals surface area (Å²) in [5, 5.41) is 0. The maximum absolute atomic E-state index is 11.4. The molecule has 0 N–H and O–H groups in total. The molecule has 0 bridgehead atoms. The molecule has 0 aliphatic carbocycles. The lowest BCUT2D eigenvalue weighted by molar-refractivity contribution is 0.0933. The van der Waals surface area contributed by atoms with Crippen LogP contribution in [0.25, 0.3) is 0 Å². The average molecular weight is 274 g/mol. The summed E-state index contributed by atoms with van der Waals surface area (Å²) in [6.45, 7) is 0.520. The molecule has 1 aromatic rings. The first-order valence-corrected chi connectivity index (χ1v) is 4.81. The van der Waals surface area contributed by atoms with Crippen molar-refractivity contribution in [3.05, 3.63) is 27.3 Å². The summed E-state index contributed by atoms with van der Waals surface area (Å²) < 4.78 is 6.40. The zero-order chi connectivity index (χ0) is 8.55. The molecule has 1 aromatic carbocycles. The van der Waals surface area contributed by atoms with Crippen molar-refractivity contribution in [2.75, 3.05) is 6.61 Å². The molecule has 3 heteroatoms. The van der Waals surface area contributed by atoms with E-state index in [1.165, 1.54) is 0 Å². The Bertz CT molecular complexity index is 333. The van der Waals surface area contributed by atoms with Crippen LogP contribution in [0.15, 0.2) is 18.2 Å². The van der Waals surface area contributed by atoms with Crippen molar-refractivity contribution in [1.82, 2.24) is 0 Å². The van der Waals surface area contributed by atoms with Crippen LogP contribution >= 0.6 is 22.6 Å². The summed E-state index contributed by atoms with van der Waals surface area (Å²) in [4.78, 5) is 11.4. The van der Waals surface area contributed by atoms with Crippen LogP contribution in [0.3, 0.4) is 0 Å². The third-order valence-electron chi connectivity index (χ3n) is 1.83. The Balaban J connectivity index is 2.54. The van der Waals surface area contributed by atoms with E-state index in [9.17, 15) is 4.79 Å². The highest BCUT2D eigenvalue weighted by Gasteiger charge is 2.17. The number of benzene rings is 1. The first-order valence-electron chi connectivity index (χ1n) is 3.73. The van der Waals surface area contributed by atoms with E-state index >= 15 is 0 Å². The second kappa shape index (κ2) is 3.05. The number of rotatable bonds is 0. The molecule has 0 atom stereocenters. The van der Waals surface area contributed by atoms with Gasteiger partial charge in [0.25, 0.3) is 0 Å². The maximum Gasteiger partial charge on any atom is 0.170 e. The van der Waals surface area contributed by atoms with Gasteiger partial charge in [-0.05, 0) is 40.8 Å². The quantitative estimate of drug-likeness (QED) is 0.678. The van der Waals surface area contributed by atoms with Crippen molar-refractivity contribution in [1.29, 1.82) is 0 Å².